The van der Waals surface area contributed by atoms with Crippen LogP contribution in [0.4, 0.5) is 26.3 Å². The van der Waals surface area contributed by atoms with Crippen LogP contribution in [0.15, 0.2) is 0 Å². The quantitative estimate of drug-likeness (QED) is 0.446. The molecule has 0 saturated heterocycles. The molecule has 1 aliphatic carbocycles. The SMILES string of the molecule is [B]C1(C)CCC(C(F)(F)F)(C(F)(F)F)CC1. The highest BCUT2D eigenvalue weighted by Crippen LogP contribution is 2.61. The number of halogens is 6. The van der Waals surface area contributed by atoms with Crippen LogP contribution in [-0.2, 0) is 0 Å². The molecule has 0 nitrogen and oxygen atoms in total. The fraction of sp³-hybridized carbons (Fsp3) is 1.00. The molecule has 0 heterocycles. The first-order valence-electron chi connectivity index (χ1n) is 4.84. The Hall–Kier alpha value is -0.355. The van der Waals surface area contributed by atoms with Crippen LogP contribution in [-0.4, -0.2) is 20.2 Å². The molecule has 0 aromatic rings. The highest BCUT2D eigenvalue weighted by molar-refractivity contribution is 6.14. The minimum absolute atomic E-state index is 0.272. The van der Waals surface area contributed by atoms with Crippen LogP contribution in [0.5, 0.6) is 0 Å². The van der Waals surface area contributed by atoms with Crippen molar-refractivity contribution in [3.8, 4) is 0 Å². The smallest absolute Gasteiger partial charge is 0.170 e. The molecule has 0 spiro atoms. The zero-order valence-corrected chi connectivity index (χ0v) is 8.67. The van der Waals surface area contributed by atoms with Crippen molar-refractivity contribution in [1.29, 1.82) is 0 Å². The summed E-state index contributed by atoms with van der Waals surface area (Å²) in [4.78, 5) is 0. The highest BCUT2D eigenvalue weighted by atomic mass is 19.4. The van der Waals surface area contributed by atoms with E-state index in [0.717, 1.165) is 0 Å². The Balaban J connectivity index is 3.03. The van der Waals surface area contributed by atoms with Gasteiger partial charge in [-0.05, 0) is 12.8 Å². The fourth-order valence-electron chi connectivity index (χ4n) is 1.98. The van der Waals surface area contributed by atoms with Crippen molar-refractivity contribution in [2.45, 2.75) is 50.3 Å². The van der Waals surface area contributed by atoms with Crippen molar-refractivity contribution in [3.63, 3.8) is 0 Å². The highest BCUT2D eigenvalue weighted by Gasteiger charge is 2.70. The molecule has 0 bridgehead atoms. The minimum atomic E-state index is -5.26. The predicted octanol–water partition coefficient (Wildman–Crippen LogP) is 4.02. The van der Waals surface area contributed by atoms with E-state index in [1.807, 2.05) is 0 Å². The lowest BCUT2D eigenvalue weighted by Crippen LogP contribution is -2.52. The second-order valence-corrected chi connectivity index (χ2v) is 4.73. The molecule has 0 atom stereocenters. The van der Waals surface area contributed by atoms with E-state index < -0.39 is 35.9 Å². The van der Waals surface area contributed by atoms with Gasteiger partial charge in [-0.3, -0.25) is 0 Å². The monoisotopic (exact) mass is 244 g/mol. The summed E-state index contributed by atoms with van der Waals surface area (Å²) in [6.45, 7) is 1.48. The van der Waals surface area contributed by atoms with Gasteiger partial charge in [-0.1, -0.05) is 25.1 Å². The predicted molar refractivity (Wildman–Crippen MR) is 47.1 cm³/mol. The molecule has 0 aromatic carbocycles. The van der Waals surface area contributed by atoms with Crippen molar-refractivity contribution < 1.29 is 26.3 Å². The average molecular weight is 244 g/mol. The van der Waals surface area contributed by atoms with Crippen molar-refractivity contribution in [2.75, 3.05) is 0 Å². The Morgan fingerprint density at radius 3 is 1.38 bits per heavy atom. The Morgan fingerprint density at radius 2 is 1.12 bits per heavy atom. The molecule has 1 fully saturated rings. The van der Waals surface area contributed by atoms with Crippen molar-refractivity contribution in [2.24, 2.45) is 5.41 Å². The van der Waals surface area contributed by atoms with Gasteiger partial charge >= 0.3 is 12.4 Å². The topological polar surface area (TPSA) is 0 Å². The van der Waals surface area contributed by atoms with Crippen LogP contribution in [0.2, 0.25) is 5.31 Å². The summed E-state index contributed by atoms with van der Waals surface area (Å²) in [5.74, 6) is 0. The van der Waals surface area contributed by atoms with E-state index in [4.69, 9.17) is 7.85 Å². The third kappa shape index (κ3) is 2.18. The van der Waals surface area contributed by atoms with E-state index in [0.29, 0.717) is 0 Å². The molecule has 1 rings (SSSR count). The van der Waals surface area contributed by atoms with Gasteiger partial charge in [0.25, 0.3) is 0 Å². The van der Waals surface area contributed by atoms with Crippen molar-refractivity contribution in [3.05, 3.63) is 0 Å². The van der Waals surface area contributed by atoms with Gasteiger partial charge in [0, 0.05) is 0 Å². The summed E-state index contributed by atoms with van der Waals surface area (Å²) in [5.41, 5.74) is -3.57. The van der Waals surface area contributed by atoms with E-state index in [-0.39, 0.29) is 12.8 Å². The average Bonchev–Trinajstić information content (AvgIpc) is 1.98. The molecule has 0 aliphatic heterocycles. The van der Waals surface area contributed by atoms with Gasteiger partial charge in [0.2, 0.25) is 0 Å². The van der Waals surface area contributed by atoms with Gasteiger partial charge in [0.1, 0.15) is 0 Å². The first-order valence-corrected chi connectivity index (χ1v) is 4.84. The minimum Gasteiger partial charge on any atom is -0.170 e. The van der Waals surface area contributed by atoms with Gasteiger partial charge < -0.3 is 0 Å². The molecule has 7 heteroatoms. The first kappa shape index (κ1) is 13.7. The summed E-state index contributed by atoms with van der Waals surface area (Å²) in [6.07, 6.45) is -13.0. The van der Waals surface area contributed by atoms with E-state index >= 15 is 0 Å². The molecule has 0 N–H and O–H groups in total. The summed E-state index contributed by atoms with van der Waals surface area (Å²) < 4.78 is 75.5. The summed E-state index contributed by atoms with van der Waals surface area (Å²) in [6, 6.07) is 0. The van der Waals surface area contributed by atoms with Crippen LogP contribution in [0.1, 0.15) is 32.6 Å². The lowest BCUT2D eigenvalue weighted by atomic mass is 9.55. The Morgan fingerprint density at radius 1 is 0.812 bits per heavy atom. The Bertz CT molecular complexity index is 238. The normalized spacial score (nSPS) is 25.4. The summed E-state index contributed by atoms with van der Waals surface area (Å²) in [7, 11) is 5.55. The van der Waals surface area contributed by atoms with Crippen LogP contribution in [0.25, 0.3) is 0 Å². The zero-order valence-electron chi connectivity index (χ0n) is 8.67. The lowest BCUT2D eigenvalue weighted by Gasteiger charge is -2.45. The van der Waals surface area contributed by atoms with Crippen LogP contribution >= 0.6 is 0 Å². The Kier molecular flexibility index (Phi) is 3.06. The zero-order chi connectivity index (χ0) is 12.8. The lowest BCUT2D eigenvalue weighted by molar-refractivity contribution is -0.350. The number of hydrogen-bond donors (Lipinski definition) is 0. The molecule has 1 saturated carbocycles. The second kappa shape index (κ2) is 3.57. The molecular formula is C9H11BF6. The molecule has 0 aromatic heterocycles. The van der Waals surface area contributed by atoms with Gasteiger partial charge in [-0.2, -0.15) is 26.3 Å². The largest absolute Gasteiger partial charge is 0.403 e. The third-order valence-corrected chi connectivity index (χ3v) is 3.33. The standard InChI is InChI=1S/C9H11BF6/c1-6(10)2-4-7(5-3-6,8(11,12)13)9(14,15)16/h2-5H2,1H3. The summed E-state index contributed by atoms with van der Waals surface area (Å²) in [5, 5.41) is -0.931. The van der Waals surface area contributed by atoms with Crippen LogP contribution in [0.3, 0.4) is 0 Å². The van der Waals surface area contributed by atoms with E-state index in [1.165, 1.54) is 6.92 Å². The maximum atomic E-state index is 12.6. The number of rotatable bonds is 0. The maximum absolute atomic E-state index is 12.6. The molecule has 16 heavy (non-hydrogen) atoms. The van der Waals surface area contributed by atoms with Gasteiger partial charge in [-0.15, -0.1) is 0 Å². The van der Waals surface area contributed by atoms with E-state index in [9.17, 15) is 26.3 Å². The second-order valence-electron chi connectivity index (χ2n) is 4.73. The van der Waals surface area contributed by atoms with Gasteiger partial charge in [-0.25, -0.2) is 0 Å². The summed E-state index contributed by atoms with van der Waals surface area (Å²) >= 11 is 0. The van der Waals surface area contributed by atoms with Crippen LogP contribution in [0, 0.1) is 5.41 Å². The number of hydrogen-bond acceptors (Lipinski definition) is 0. The Labute approximate surface area is 90.8 Å². The molecule has 2 radical (unpaired) electrons. The van der Waals surface area contributed by atoms with Gasteiger partial charge in [0.05, 0.1) is 7.85 Å². The van der Waals surface area contributed by atoms with Crippen molar-refractivity contribution in [1.82, 2.24) is 0 Å². The van der Waals surface area contributed by atoms with E-state index in [1.54, 1.807) is 0 Å². The fourth-order valence-corrected chi connectivity index (χ4v) is 1.98. The molecular weight excluding hydrogens is 233 g/mol. The first-order chi connectivity index (χ1) is 6.91. The number of alkyl halides is 6. The van der Waals surface area contributed by atoms with Crippen molar-refractivity contribution >= 4 is 7.85 Å². The maximum Gasteiger partial charge on any atom is 0.403 e. The third-order valence-electron chi connectivity index (χ3n) is 3.33. The van der Waals surface area contributed by atoms with Gasteiger partial charge in [0.15, 0.2) is 5.41 Å². The molecule has 1 aliphatic rings. The van der Waals surface area contributed by atoms with E-state index in [2.05, 4.69) is 0 Å². The van der Waals surface area contributed by atoms with Crippen LogP contribution < -0.4 is 0 Å². The molecule has 92 valence electrons. The molecule has 0 unspecified atom stereocenters. The molecule has 0 amide bonds.